The van der Waals surface area contributed by atoms with E-state index in [4.69, 9.17) is 0 Å². The highest BCUT2D eigenvalue weighted by Gasteiger charge is 2.24. The topological polar surface area (TPSA) is 58.1 Å². The van der Waals surface area contributed by atoms with E-state index < -0.39 is 0 Å². The van der Waals surface area contributed by atoms with Gasteiger partial charge in [0.05, 0.1) is 12.2 Å². The van der Waals surface area contributed by atoms with Gasteiger partial charge in [-0.3, -0.25) is 14.8 Å². The molecule has 5 heteroatoms. The molecule has 0 spiro atoms. The van der Waals surface area contributed by atoms with Gasteiger partial charge in [-0.25, -0.2) is 0 Å². The molecule has 3 rings (SSSR count). The minimum absolute atomic E-state index is 0.217. The van der Waals surface area contributed by atoms with Crippen LogP contribution in [0.5, 0.6) is 0 Å². The molecule has 2 aromatic heterocycles. The van der Waals surface area contributed by atoms with Gasteiger partial charge in [0.1, 0.15) is 0 Å². The molecule has 25 heavy (non-hydrogen) atoms. The number of aryl methyl sites for hydroxylation is 1. The first-order valence-electron chi connectivity index (χ1n) is 9.12. The highest BCUT2D eigenvalue weighted by molar-refractivity contribution is 5.76. The van der Waals surface area contributed by atoms with Crippen molar-refractivity contribution in [2.24, 2.45) is 0 Å². The van der Waals surface area contributed by atoms with Crippen LogP contribution in [0.4, 0.5) is 0 Å². The van der Waals surface area contributed by atoms with Crippen LogP contribution in [0.1, 0.15) is 36.9 Å². The van der Waals surface area contributed by atoms with Gasteiger partial charge in [0.25, 0.3) is 0 Å². The monoisotopic (exact) mass is 338 g/mol. The number of pyridine rings is 2. The molecule has 0 aliphatic carbocycles. The van der Waals surface area contributed by atoms with Crippen LogP contribution in [0.2, 0.25) is 0 Å². The molecular weight excluding hydrogens is 312 g/mol. The van der Waals surface area contributed by atoms with Crippen LogP contribution in [0.15, 0.2) is 48.9 Å². The Labute approximate surface area is 149 Å². The summed E-state index contributed by atoms with van der Waals surface area (Å²) >= 11 is 0. The first-order chi connectivity index (χ1) is 12.3. The third kappa shape index (κ3) is 5.36. The highest BCUT2D eigenvalue weighted by atomic mass is 16.2. The van der Waals surface area contributed by atoms with E-state index in [1.165, 1.54) is 0 Å². The first kappa shape index (κ1) is 17.5. The van der Waals surface area contributed by atoms with Gasteiger partial charge in [0, 0.05) is 31.1 Å². The van der Waals surface area contributed by atoms with Gasteiger partial charge in [0.15, 0.2) is 0 Å². The van der Waals surface area contributed by atoms with Gasteiger partial charge in [-0.1, -0.05) is 6.07 Å². The van der Waals surface area contributed by atoms with E-state index in [2.05, 4.69) is 20.2 Å². The second-order valence-corrected chi connectivity index (χ2v) is 6.53. The standard InChI is InChI=1S/C20H26N4O/c25-20(7-6-17-8-13-22-14-9-17)24(16-18-4-1-2-12-23-18)19-5-3-11-21-15-10-19/h1-2,4,8-9,12-14,19,21H,3,5-7,10-11,15-16H2. The van der Waals surface area contributed by atoms with Crippen molar-refractivity contribution in [2.75, 3.05) is 13.1 Å². The smallest absolute Gasteiger partial charge is 0.223 e. The van der Waals surface area contributed by atoms with Gasteiger partial charge < -0.3 is 10.2 Å². The largest absolute Gasteiger partial charge is 0.334 e. The summed E-state index contributed by atoms with van der Waals surface area (Å²) in [4.78, 5) is 23.5. The minimum atomic E-state index is 0.217. The van der Waals surface area contributed by atoms with E-state index in [-0.39, 0.29) is 5.91 Å². The van der Waals surface area contributed by atoms with E-state index in [0.717, 1.165) is 50.0 Å². The fraction of sp³-hybridized carbons (Fsp3) is 0.450. The Balaban J connectivity index is 1.68. The third-order valence-corrected chi connectivity index (χ3v) is 4.74. The van der Waals surface area contributed by atoms with Crippen LogP contribution in [-0.4, -0.2) is 39.9 Å². The lowest BCUT2D eigenvalue weighted by atomic mass is 10.0. The molecule has 132 valence electrons. The van der Waals surface area contributed by atoms with Crippen LogP contribution < -0.4 is 5.32 Å². The second kappa shape index (κ2) is 9.28. The number of carbonyl (C=O) groups excluding carboxylic acids is 1. The average molecular weight is 338 g/mol. The number of aromatic nitrogens is 2. The average Bonchev–Trinajstić information content (AvgIpc) is 2.95. The molecule has 1 aliphatic heterocycles. The fourth-order valence-corrected chi connectivity index (χ4v) is 3.34. The fourth-order valence-electron chi connectivity index (χ4n) is 3.34. The zero-order valence-corrected chi connectivity index (χ0v) is 14.6. The lowest BCUT2D eigenvalue weighted by Crippen LogP contribution is -2.40. The van der Waals surface area contributed by atoms with E-state index in [9.17, 15) is 4.79 Å². The maximum atomic E-state index is 13.0. The number of nitrogens with zero attached hydrogens (tertiary/aromatic N) is 3. The third-order valence-electron chi connectivity index (χ3n) is 4.74. The molecule has 1 amide bonds. The molecular formula is C20H26N4O. The van der Waals surface area contributed by atoms with Crippen molar-refractivity contribution in [1.82, 2.24) is 20.2 Å². The van der Waals surface area contributed by atoms with Gasteiger partial charge in [0.2, 0.25) is 5.91 Å². The zero-order valence-electron chi connectivity index (χ0n) is 14.6. The molecule has 1 unspecified atom stereocenters. The summed E-state index contributed by atoms with van der Waals surface area (Å²) in [6.07, 6.45) is 9.82. The van der Waals surface area contributed by atoms with Crippen LogP contribution in [0.25, 0.3) is 0 Å². The summed E-state index contributed by atoms with van der Waals surface area (Å²) in [5, 5.41) is 3.43. The summed E-state index contributed by atoms with van der Waals surface area (Å²) in [6.45, 7) is 2.61. The SMILES string of the molecule is O=C(CCc1ccncc1)N(Cc1ccccn1)C1CCCNCC1. The van der Waals surface area contributed by atoms with E-state index in [1.54, 1.807) is 18.6 Å². The number of hydrogen-bond acceptors (Lipinski definition) is 4. The molecule has 0 radical (unpaired) electrons. The molecule has 1 atom stereocenters. The first-order valence-corrected chi connectivity index (χ1v) is 9.12. The van der Waals surface area contributed by atoms with Crippen molar-refractivity contribution in [2.45, 2.75) is 44.7 Å². The van der Waals surface area contributed by atoms with Gasteiger partial charge in [-0.15, -0.1) is 0 Å². The van der Waals surface area contributed by atoms with Gasteiger partial charge in [-0.2, -0.15) is 0 Å². The molecule has 5 nitrogen and oxygen atoms in total. The molecule has 0 bridgehead atoms. The maximum absolute atomic E-state index is 13.0. The second-order valence-electron chi connectivity index (χ2n) is 6.53. The van der Waals surface area contributed by atoms with Crippen molar-refractivity contribution < 1.29 is 4.79 Å². The Morgan fingerprint density at radius 2 is 2.00 bits per heavy atom. The summed E-state index contributed by atoms with van der Waals surface area (Å²) in [7, 11) is 0. The number of hydrogen-bond donors (Lipinski definition) is 1. The van der Waals surface area contributed by atoms with Crippen molar-refractivity contribution in [3.8, 4) is 0 Å². The van der Waals surface area contributed by atoms with Crippen LogP contribution in [-0.2, 0) is 17.8 Å². The van der Waals surface area contributed by atoms with Crippen molar-refractivity contribution >= 4 is 5.91 Å². The number of nitrogens with one attached hydrogen (secondary N) is 1. The Kier molecular flexibility index (Phi) is 6.51. The molecule has 0 aromatic carbocycles. The molecule has 2 aromatic rings. The van der Waals surface area contributed by atoms with Crippen molar-refractivity contribution in [3.05, 3.63) is 60.2 Å². The number of amides is 1. The molecule has 1 N–H and O–H groups in total. The minimum Gasteiger partial charge on any atom is -0.334 e. The van der Waals surface area contributed by atoms with E-state index in [0.29, 0.717) is 19.0 Å². The summed E-state index contributed by atoms with van der Waals surface area (Å²) < 4.78 is 0. The lowest BCUT2D eigenvalue weighted by molar-refractivity contribution is -0.134. The lowest BCUT2D eigenvalue weighted by Gasteiger charge is -2.31. The summed E-state index contributed by atoms with van der Waals surface area (Å²) in [5.41, 5.74) is 2.11. The Morgan fingerprint density at radius 1 is 1.12 bits per heavy atom. The van der Waals surface area contributed by atoms with Gasteiger partial charge in [-0.05, 0) is 68.6 Å². The van der Waals surface area contributed by atoms with Crippen LogP contribution in [0, 0.1) is 0 Å². The highest BCUT2D eigenvalue weighted by Crippen LogP contribution is 2.18. The van der Waals surface area contributed by atoms with E-state index >= 15 is 0 Å². The molecule has 1 saturated heterocycles. The number of carbonyl (C=O) groups is 1. The summed E-state index contributed by atoms with van der Waals surface area (Å²) in [6, 6.07) is 10.1. The quantitative estimate of drug-likeness (QED) is 0.879. The maximum Gasteiger partial charge on any atom is 0.223 e. The Bertz CT molecular complexity index is 639. The molecule has 0 saturated carbocycles. The molecule has 3 heterocycles. The molecule has 1 aliphatic rings. The predicted molar refractivity (Wildman–Crippen MR) is 97.9 cm³/mol. The molecule has 1 fully saturated rings. The van der Waals surface area contributed by atoms with Gasteiger partial charge >= 0.3 is 0 Å². The number of rotatable bonds is 6. The predicted octanol–water partition coefficient (Wildman–Crippen LogP) is 2.58. The summed E-state index contributed by atoms with van der Waals surface area (Å²) in [5.74, 6) is 0.217. The van der Waals surface area contributed by atoms with Crippen molar-refractivity contribution in [1.29, 1.82) is 0 Å². The Hall–Kier alpha value is -2.27. The Morgan fingerprint density at radius 3 is 2.80 bits per heavy atom. The zero-order chi connectivity index (χ0) is 17.3. The van der Waals surface area contributed by atoms with Crippen LogP contribution in [0.3, 0.4) is 0 Å². The van der Waals surface area contributed by atoms with E-state index in [1.807, 2.05) is 30.3 Å². The normalized spacial score (nSPS) is 17.7. The van der Waals surface area contributed by atoms with Crippen molar-refractivity contribution in [3.63, 3.8) is 0 Å². The van der Waals surface area contributed by atoms with Crippen LogP contribution >= 0.6 is 0 Å².